The van der Waals surface area contributed by atoms with Crippen molar-refractivity contribution in [1.82, 2.24) is 0 Å². The molecule has 0 aliphatic rings. The molecular formula is C14H12BrF2NO3S. The minimum absolute atomic E-state index is 0.00703. The molecule has 2 rings (SSSR count). The standard InChI is InChI=1S/C14H12BrF2NO3S/c1-18(9-3-5-12(16)13(17)7-9)22(19,20)10-4-6-14(21-2)11(15)8-10/h3-8H,1-2H3. The topological polar surface area (TPSA) is 46.6 Å². The third-order valence-corrected chi connectivity index (χ3v) is 5.45. The normalized spacial score (nSPS) is 11.3. The molecule has 0 aromatic heterocycles. The molecule has 0 N–H and O–H groups in total. The fourth-order valence-electron chi connectivity index (χ4n) is 1.79. The average Bonchev–Trinajstić information content (AvgIpc) is 2.49. The number of nitrogens with zero attached hydrogens (tertiary/aromatic N) is 1. The molecule has 8 heteroatoms. The fourth-order valence-corrected chi connectivity index (χ4v) is 3.69. The molecule has 2 aromatic rings. The number of sulfonamides is 1. The third-order valence-electron chi connectivity index (χ3n) is 3.05. The van der Waals surface area contributed by atoms with Gasteiger partial charge in [-0.3, -0.25) is 4.31 Å². The minimum Gasteiger partial charge on any atom is -0.496 e. The number of methoxy groups -OCH3 is 1. The number of anilines is 1. The molecule has 2 aromatic carbocycles. The maximum atomic E-state index is 13.3. The first kappa shape index (κ1) is 16.7. The molecule has 0 atom stereocenters. The van der Waals surface area contributed by atoms with E-state index in [-0.39, 0.29) is 10.6 Å². The summed E-state index contributed by atoms with van der Waals surface area (Å²) in [5, 5.41) is 0. The molecule has 0 heterocycles. The van der Waals surface area contributed by atoms with Crippen LogP contribution in [0, 0.1) is 11.6 Å². The molecular weight excluding hydrogens is 380 g/mol. The van der Waals surface area contributed by atoms with E-state index in [0.717, 1.165) is 16.4 Å². The summed E-state index contributed by atoms with van der Waals surface area (Å²) in [6.45, 7) is 0. The number of hydrogen-bond acceptors (Lipinski definition) is 3. The van der Waals surface area contributed by atoms with Gasteiger partial charge in [-0.05, 0) is 46.3 Å². The van der Waals surface area contributed by atoms with Gasteiger partial charge in [-0.15, -0.1) is 0 Å². The summed E-state index contributed by atoms with van der Waals surface area (Å²) in [5.41, 5.74) is 0.0193. The number of benzene rings is 2. The minimum atomic E-state index is -3.91. The lowest BCUT2D eigenvalue weighted by Crippen LogP contribution is -2.26. The molecule has 0 fully saturated rings. The predicted octanol–water partition coefficient (Wildman–Crippen LogP) is 3.56. The van der Waals surface area contributed by atoms with Crippen LogP contribution in [0.4, 0.5) is 14.5 Å². The van der Waals surface area contributed by atoms with E-state index in [9.17, 15) is 17.2 Å². The Labute approximate surface area is 135 Å². The van der Waals surface area contributed by atoms with Crippen molar-refractivity contribution in [3.8, 4) is 5.75 Å². The van der Waals surface area contributed by atoms with Crippen LogP contribution in [0.5, 0.6) is 5.75 Å². The van der Waals surface area contributed by atoms with Crippen LogP contribution in [0.25, 0.3) is 0 Å². The van der Waals surface area contributed by atoms with Gasteiger partial charge < -0.3 is 4.74 Å². The Morgan fingerprint density at radius 1 is 1.09 bits per heavy atom. The second-order valence-electron chi connectivity index (χ2n) is 4.37. The van der Waals surface area contributed by atoms with Gasteiger partial charge in [0.05, 0.1) is 22.2 Å². The highest BCUT2D eigenvalue weighted by atomic mass is 79.9. The predicted molar refractivity (Wildman–Crippen MR) is 82.6 cm³/mol. The first-order valence-electron chi connectivity index (χ1n) is 6.05. The highest BCUT2D eigenvalue weighted by Crippen LogP contribution is 2.30. The number of hydrogen-bond donors (Lipinski definition) is 0. The molecule has 0 saturated carbocycles. The molecule has 0 spiro atoms. The van der Waals surface area contributed by atoms with Crippen LogP contribution in [0.1, 0.15) is 0 Å². The summed E-state index contributed by atoms with van der Waals surface area (Å²) >= 11 is 3.21. The molecule has 0 amide bonds. The van der Waals surface area contributed by atoms with Crippen molar-refractivity contribution < 1.29 is 21.9 Å². The second kappa shape index (κ2) is 6.21. The van der Waals surface area contributed by atoms with Gasteiger partial charge in [0.15, 0.2) is 11.6 Å². The van der Waals surface area contributed by atoms with Gasteiger partial charge >= 0.3 is 0 Å². The smallest absolute Gasteiger partial charge is 0.264 e. The molecule has 0 aliphatic heterocycles. The van der Waals surface area contributed by atoms with E-state index < -0.39 is 21.7 Å². The Bertz CT molecular complexity index is 812. The van der Waals surface area contributed by atoms with E-state index in [1.54, 1.807) is 0 Å². The van der Waals surface area contributed by atoms with Crippen LogP contribution in [0.3, 0.4) is 0 Å². The van der Waals surface area contributed by atoms with Crippen LogP contribution in [-0.4, -0.2) is 22.6 Å². The Morgan fingerprint density at radius 3 is 2.32 bits per heavy atom. The van der Waals surface area contributed by atoms with Gasteiger partial charge in [-0.2, -0.15) is 0 Å². The average molecular weight is 392 g/mol. The summed E-state index contributed by atoms with van der Waals surface area (Å²) in [6, 6.07) is 7.14. The summed E-state index contributed by atoms with van der Waals surface area (Å²) in [4.78, 5) is -0.00703. The van der Waals surface area contributed by atoms with Crippen molar-refractivity contribution in [2.75, 3.05) is 18.5 Å². The third kappa shape index (κ3) is 3.07. The van der Waals surface area contributed by atoms with Crippen molar-refractivity contribution in [1.29, 1.82) is 0 Å². The zero-order chi connectivity index (χ0) is 16.5. The molecule has 0 bridgehead atoms. The highest BCUT2D eigenvalue weighted by Gasteiger charge is 2.23. The number of halogens is 3. The van der Waals surface area contributed by atoms with Crippen LogP contribution >= 0.6 is 15.9 Å². The molecule has 118 valence electrons. The van der Waals surface area contributed by atoms with Crippen molar-refractivity contribution in [3.05, 3.63) is 52.5 Å². The quantitative estimate of drug-likeness (QED) is 0.800. The van der Waals surface area contributed by atoms with E-state index in [4.69, 9.17) is 4.74 Å². The van der Waals surface area contributed by atoms with Crippen molar-refractivity contribution in [2.45, 2.75) is 4.90 Å². The van der Waals surface area contributed by atoms with E-state index in [2.05, 4.69) is 15.9 Å². The van der Waals surface area contributed by atoms with Gasteiger partial charge in [0, 0.05) is 13.1 Å². The van der Waals surface area contributed by atoms with E-state index in [1.165, 1.54) is 38.4 Å². The molecule has 22 heavy (non-hydrogen) atoms. The van der Waals surface area contributed by atoms with Crippen molar-refractivity contribution >= 4 is 31.6 Å². The molecule has 0 radical (unpaired) electrons. The summed E-state index contributed by atoms with van der Waals surface area (Å²) in [7, 11) is -1.19. The summed E-state index contributed by atoms with van der Waals surface area (Å²) in [6.07, 6.45) is 0. The van der Waals surface area contributed by atoms with Crippen LogP contribution in [0.2, 0.25) is 0 Å². The maximum absolute atomic E-state index is 13.3. The summed E-state index contributed by atoms with van der Waals surface area (Å²) in [5.74, 6) is -1.67. The Morgan fingerprint density at radius 2 is 1.77 bits per heavy atom. The first-order valence-corrected chi connectivity index (χ1v) is 8.28. The van der Waals surface area contributed by atoms with Crippen molar-refractivity contribution in [2.24, 2.45) is 0 Å². The first-order chi connectivity index (χ1) is 10.3. The van der Waals surface area contributed by atoms with Gasteiger partial charge in [0.25, 0.3) is 10.0 Å². The molecule has 0 saturated heterocycles. The Hall–Kier alpha value is -1.67. The molecule has 4 nitrogen and oxygen atoms in total. The monoisotopic (exact) mass is 391 g/mol. The zero-order valence-corrected chi connectivity index (χ0v) is 14.1. The van der Waals surface area contributed by atoms with Gasteiger partial charge in [-0.25, -0.2) is 17.2 Å². The Kier molecular flexibility index (Phi) is 4.72. The number of rotatable bonds is 4. The van der Waals surface area contributed by atoms with Crippen molar-refractivity contribution in [3.63, 3.8) is 0 Å². The van der Waals surface area contributed by atoms with Gasteiger partial charge in [-0.1, -0.05) is 0 Å². The van der Waals surface area contributed by atoms with Crippen LogP contribution in [-0.2, 0) is 10.0 Å². The summed E-state index contributed by atoms with van der Waals surface area (Å²) < 4.78 is 57.7. The number of ether oxygens (including phenoxy) is 1. The Balaban J connectivity index is 2.44. The van der Waals surface area contributed by atoms with Gasteiger partial charge in [0.1, 0.15) is 5.75 Å². The lowest BCUT2D eigenvalue weighted by Gasteiger charge is -2.20. The molecule has 0 aliphatic carbocycles. The zero-order valence-electron chi connectivity index (χ0n) is 11.7. The fraction of sp³-hybridized carbons (Fsp3) is 0.143. The van der Waals surface area contributed by atoms with E-state index in [1.807, 2.05) is 0 Å². The second-order valence-corrected chi connectivity index (χ2v) is 7.19. The van der Waals surface area contributed by atoms with Gasteiger partial charge in [0.2, 0.25) is 0 Å². The lowest BCUT2D eigenvalue weighted by molar-refractivity contribution is 0.411. The van der Waals surface area contributed by atoms with E-state index >= 15 is 0 Å². The van der Waals surface area contributed by atoms with Crippen LogP contribution < -0.4 is 9.04 Å². The SMILES string of the molecule is COc1ccc(S(=O)(=O)N(C)c2ccc(F)c(F)c2)cc1Br. The maximum Gasteiger partial charge on any atom is 0.264 e. The lowest BCUT2D eigenvalue weighted by atomic mass is 10.3. The van der Waals surface area contributed by atoms with Crippen LogP contribution in [0.15, 0.2) is 45.8 Å². The highest BCUT2D eigenvalue weighted by molar-refractivity contribution is 9.10. The molecule has 0 unspecified atom stereocenters. The largest absolute Gasteiger partial charge is 0.496 e. The van der Waals surface area contributed by atoms with E-state index in [0.29, 0.717) is 10.2 Å².